The first kappa shape index (κ1) is 20.9. The third kappa shape index (κ3) is 4.14. The maximum absolute atomic E-state index is 13.1. The minimum atomic E-state index is -3.77. The summed E-state index contributed by atoms with van der Waals surface area (Å²) in [5.41, 5.74) is 3.32. The number of carbonyl (C=O) groups is 1. The number of ether oxygens (including phenoxy) is 1. The first-order valence-corrected chi connectivity index (χ1v) is 11.4. The van der Waals surface area contributed by atoms with E-state index in [1.165, 1.54) is 36.2 Å². The number of nitrogens with zero attached hydrogens (tertiary/aromatic N) is 2. The molecule has 1 aliphatic heterocycles. The molecular weight excluding hydrogens is 412 g/mol. The van der Waals surface area contributed by atoms with Crippen molar-refractivity contribution in [3.63, 3.8) is 0 Å². The van der Waals surface area contributed by atoms with Crippen molar-refractivity contribution in [3.8, 4) is 5.75 Å². The van der Waals surface area contributed by atoms with Crippen LogP contribution < -0.4 is 9.04 Å². The number of amides is 1. The minimum absolute atomic E-state index is 0.105. The summed E-state index contributed by atoms with van der Waals surface area (Å²) in [5.74, 6) is 0.476. The lowest BCUT2D eigenvalue weighted by atomic mass is 9.99. The van der Waals surface area contributed by atoms with E-state index in [1.807, 2.05) is 18.2 Å². The van der Waals surface area contributed by atoms with Crippen LogP contribution in [0.25, 0.3) is 0 Å². The van der Waals surface area contributed by atoms with E-state index >= 15 is 0 Å². The lowest BCUT2D eigenvalue weighted by Crippen LogP contribution is -2.36. The second-order valence-electron chi connectivity index (χ2n) is 7.44. The van der Waals surface area contributed by atoms with E-state index in [9.17, 15) is 13.2 Å². The van der Waals surface area contributed by atoms with E-state index in [-0.39, 0.29) is 10.8 Å². The Bertz CT molecular complexity index is 1210. The number of methoxy groups -OCH3 is 1. The highest BCUT2D eigenvalue weighted by Crippen LogP contribution is 2.26. The van der Waals surface area contributed by atoms with Crippen LogP contribution in [0.1, 0.15) is 21.5 Å². The highest BCUT2D eigenvalue weighted by atomic mass is 32.2. The van der Waals surface area contributed by atoms with Crippen molar-refractivity contribution in [2.75, 3.05) is 25.0 Å². The molecule has 7 heteroatoms. The van der Waals surface area contributed by atoms with Gasteiger partial charge in [-0.1, -0.05) is 30.3 Å². The van der Waals surface area contributed by atoms with Crippen LogP contribution in [-0.2, 0) is 23.0 Å². The molecule has 0 spiro atoms. The van der Waals surface area contributed by atoms with Crippen LogP contribution in [0.15, 0.2) is 77.7 Å². The molecule has 0 aliphatic carbocycles. The fraction of sp³-hybridized carbons (Fsp3) is 0.208. The van der Waals surface area contributed by atoms with Crippen molar-refractivity contribution in [3.05, 3.63) is 89.5 Å². The Balaban J connectivity index is 1.57. The van der Waals surface area contributed by atoms with Crippen LogP contribution in [-0.4, -0.2) is 39.9 Å². The summed E-state index contributed by atoms with van der Waals surface area (Å²) in [6, 6.07) is 21.1. The molecule has 0 radical (unpaired) electrons. The molecule has 0 bridgehead atoms. The third-order valence-corrected chi connectivity index (χ3v) is 7.39. The van der Waals surface area contributed by atoms with Crippen molar-refractivity contribution >= 4 is 21.6 Å². The predicted molar refractivity (Wildman–Crippen MR) is 120 cm³/mol. The molecule has 160 valence electrons. The highest BCUT2D eigenvalue weighted by molar-refractivity contribution is 7.92. The topological polar surface area (TPSA) is 66.9 Å². The quantitative estimate of drug-likeness (QED) is 0.611. The molecule has 4 rings (SSSR count). The maximum Gasteiger partial charge on any atom is 0.264 e. The second kappa shape index (κ2) is 8.43. The van der Waals surface area contributed by atoms with Gasteiger partial charge in [0.1, 0.15) is 5.75 Å². The van der Waals surface area contributed by atoms with E-state index in [4.69, 9.17) is 4.74 Å². The van der Waals surface area contributed by atoms with Crippen LogP contribution in [0, 0.1) is 0 Å². The van der Waals surface area contributed by atoms with Crippen molar-refractivity contribution in [1.82, 2.24) is 4.90 Å². The van der Waals surface area contributed by atoms with Crippen LogP contribution in [0.5, 0.6) is 5.75 Å². The number of rotatable bonds is 5. The third-order valence-electron chi connectivity index (χ3n) is 5.59. The van der Waals surface area contributed by atoms with Gasteiger partial charge in [-0.3, -0.25) is 9.10 Å². The lowest BCUT2D eigenvalue weighted by Gasteiger charge is -2.29. The Hall–Kier alpha value is -3.32. The second-order valence-corrected chi connectivity index (χ2v) is 9.41. The van der Waals surface area contributed by atoms with Gasteiger partial charge < -0.3 is 9.64 Å². The zero-order chi connectivity index (χ0) is 22.0. The van der Waals surface area contributed by atoms with Gasteiger partial charge in [0, 0.05) is 25.7 Å². The van der Waals surface area contributed by atoms with Gasteiger partial charge in [0.15, 0.2) is 0 Å². The van der Waals surface area contributed by atoms with Gasteiger partial charge in [-0.05, 0) is 60.0 Å². The highest BCUT2D eigenvalue weighted by Gasteiger charge is 2.24. The van der Waals surface area contributed by atoms with Gasteiger partial charge in [-0.25, -0.2) is 8.42 Å². The molecule has 0 atom stereocenters. The first-order valence-electron chi connectivity index (χ1n) is 9.99. The van der Waals surface area contributed by atoms with Gasteiger partial charge in [0.25, 0.3) is 15.9 Å². The first-order chi connectivity index (χ1) is 14.9. The van der Waals surface area contributed by atoms with E-state index in [2.05, 4.69) is 6.07 Å². The van der Waals surface area contributed by atoms with Crippen molar-refractivity contribution in [2.24, 2.45) is 0 Å². The van der Waals surface area contributed by atoms with E-state index in [0.29, 0.717) is 30.1 Å². The molecule has 1 aliphatic rings. The normalized spacial score (nSPS) is 13.4. The van der Waals surface area contributed by atoms with Gasteiger partial charge in [-0.2, -0.15) is 0 Å². The fourth-order valence-corrected chi connectivity index (χ4v) is 4.92. The molecule has 0 aromatic heterocycles. The van der Waals surface area contributed by atoms with Crippen LogP contribution in [0.2, 0.25) is 0 Å². The zero-order valence-electron chi connectivity index (χ0n) is 17.5. The number of benzene rings is 3. The summed E-state index contributed by atoms with van der Waals surface area (Å²) in [4.78, 5) is 15.1. The Morgan fingerprint density at radius 1 is 0.968 bits per heavy atom. The molecule has 3 aromatic rings. The van der Waals surface area contributed by atoms with Gasteiger partial charge in [-0.15, -0.1) is 0 Å². The van der Waals surface area contributed by atoms with Crippen LogP contribution in [0.4, 0.5) is 5.69 Å². The Labute approximate surface area is 182 Å². The zero-order valence-corrected chi connectivity index (χ0v) is 18.3. The van der Waals surface area contributed by atoms with Crippen LogP contribution >= 0.6 is 0 Å². The van der Waals surface area contributed by atoms with Crippen LogP contribution in [0.3, 0.4) is 0 Å². The Morgan fingerprint density at radius 3 is 2.39 bits per heavy atom. The Kier molecular flexibility index (Phi) is 5.69. The smallest absolute Gasteiger partial charge is 0.264 e. The maximum atomic E-state index is 13.1. The van der Waals surface area contributed by atoms with E-state index in [0.717, 1.165) is 12.0 Å². The predicted octanol–water partition coefficient (Wildman–Crippen LogP) is 3.72. The summed E-state index contributed by atoms with van der Waals surface area (Å²) >= 11 is 0. The number of sulfonamides is 1. The summed E-state index contributed by atoms with van der Waals surface area (Å²) in [6.45, 7) is 1.19. The largest absolute Gasteiger partial charge is 0.497 e. The summed E-state index contributed by atoms with van der Waals surface area (Å²) in [6.07, 6.45) is 0.813. The van der Waals surface area contributed by atoms with E-state index < -0.39 is 10.0 Å². The molecule has 0 N–H and O–H groups in total. The average molecular weight is 437 g/mol. The summed E-state index contributed by atoms with van der Waals surface area (Å²) in [7, 11) is -0.758. The standard InChI is InChI=1S/C24H24N2O4S/c1-25(31(28,29)23-12-10-22(30-2)11-13-23)21-9-5-8-19(16-21)24(27)26-15-14-18-6-3-4-7-20(18)17-26/h3-13,16H,14-15,17H2,1-2H3. The molecule has 31 heavy (non-hydrogen) atoms. The molecule has 1 heterocycles. The molecule has 0 saturated carbocycles. The molecule has 3 aromatic carbocycles. The SMILES string of the molecule is COc1ccc(S(=O)(=O)N(C)c2cccc(C(=O)N3CCc4ccccc4C3)c2)cc1. The van der Waals surface area contributed by atoms with Crippen molar-refractivity contribution < 1.29 is 17.9 Å². The molecule has 0 saturated heterocycles. The van der Waals surface area contributed by atoms with Gasteiger partial charge >= 0.3 is 0 Å². The molecule has 0 unspecified atom stereocenters. The summed E-state index contributed by atoms with van der Waals surface area (Å²) < 4.78 is 32.4. The molecule has 1 amide bonds. The molecule has 6 nitrogen and oxygen atoms in total. The summed E-state index contributed by atoms with van der Waals surface area (Å²) in [5, 5.41) is 0. The van der Waals surface area contributed by atoms with E-state index in [1.54, 1.807) is 41.3 Å². The molecular formula is C24H24N2O4S. The van der Waals surface area contributed by atoms with Gasteiger partial charge in [0.2, 0.25) is 0 Å². The number of carbonyl (C=O) groups excluding carboxylic acids is 1. The minimum Gasteiger partial charge on any atom is -0.497 e. The number of hydrogen-bond acceptors (Lipinski definition) is 4. The fourth-order valence-electron chi connectivity index (χ4n) is 3.73. The Morgan fingerprint density at radius 2 is 1.68 bits per heavy atom. The number of fused-ring (bicyclic) bond motifs is 1. The molecule has 0 fully saturated rings. The number of hydrogen-bond donors (Lipinski definition) is 0. The lowest BCUT2D eigenvalue weighted by molar-refractivity contribution is 0.0734. The average Bonchev–Trinajstić information content (AvgIpc) is 2.82. The van der Waals surface area contributed by atoms with Crippen molar-refractivity contribution in [2.45, 2.75) is 17.9 Å². The monoisotopic (exact) mass is 436 g/mol. The van der Waals surface area contributed by atoms with Crippen molar-refractivity contribution in [1.29, 1.82) is 0 Å². The number of anilines is 1. The van der Waals surface area contributed by atoms with Gasteiger partial charge in [0.05, 0.1) is 17.7 Å².